The van der Waals surface area contributed by atoms with Gasteiger partial charge in [-0.3, -0.25) is 0 Å². The first-order chi connectivity index (χ1) is 8.77. The summed E-state index contributed by atoms with van der Waals surface area (Å²) in [6.45, 7) is 2.72. The molecule has 18 heavy (non-hydrogen) atoms. The molecule has 0 saturated carbocycles. The minimum absolute atomic E-state index is 0.578. The number of nitrogens with zero attached hydrogens (tertiary/aromatic N) is 4. The monoisotopic (exact) mass is 249 g/mol. The Labute approximate surface area is 106 Å². The number of anilines is 1. The van der Waals surface area contributed by atoms with E-state index in [1.54, 1.807) is 19.6 Å². The van der Waals surface area contributed by atoms with Gasteiger partial charge in [0.25, 0.3) is 0 Å². The smallest absolute Gasteiger partial charge is 0.156 e. The molecule has 98 valence electrons. The van der Waals surface area contributed by atoms with Crippen molar-refractivity contribution in [1.82, 2.24) is 14.5 Å². The number of ether oxygens (including phenoxy) is 1. The molecule has 2 aromatic heterocycles. The van der Waals surface area contributed by atoms with E-state index in [9.17, 15) is 0 Å². The molecule has 0 amide bonds. The Morgan fingerprint density at radius 2 is 2.22 bits per heavy atom. The zero-order chi connectivity index (χ0) is 13.0. The van der Waals surface area contributed by atoms with Crippen LogP contribution in [0.15, 0.2) is 18.6 Å². The predicted molar refractivity (Wildman–Crippen MR) is 71.7 cm³/mol. The maximum atomic E-state index is 5.65. The zero-order valence-electron chi connectivity index (χ0n) is 10.8. The van der Waals surface area contributed by atoms with Crippen LogP contribution in [0.1, 0.15) is 0 Å². The average molecular weight is 249 g/mol. The molecular weight excluding hydrogens is 230 g/mol. The van der Waals surface area contributed by atoms with Crippen LogP contribution in [0.4, 0.5) is 5.82 Å². The van der Waals surface area contributed by atoms with Gasteiger partial charge in [0.15, 0.2) is 5.82 Å². The molecule has 0 aromatic carbocycles. The molecular formula is C12H19N5O. The number of rotatable bonds is 6. The fraction of sp³-hybridized carbons (Fsp3) is 0.500. The lowest BCUT2D eigenvalue weighted by Crippen LogP contribution is -2.33. The first-order valence-electron chi connectivity index (χ1n) is 5.98. The van der Waals surface area contributed by atoms with Crippen molar-refractivity contribution in [3.63, 3.8) is 0 Å². The van der Waals surface area contributed by atoms with Crippen molar-refractivity contribution in [3.8, 4) is 0 Å². The van der Waals surface area contributed by atoms with Crippen LogP contribution < -0.4 is 10.6 Å². The summed E-state index contributed by atoms with van der Waals surface area (Å²) in [6, 6.07) is 1.96. The molecule has 6 nitrogen and oxygen atoms in total. The van der Waals surface area contributed by atoms with E-state index in [1.807, 2.05) is 17.7 Å². The van der Waals surface area contributed by atoms with Crippen LogP contribution in [-0.2, 0) is 11.8 Å². The van der Waals surface area contributed by atoms with Crippen LogP contribution in [0, 0.1) is 0 Å². The predicted octanol–water partition coefficient (Wildman–Crippen LogP) is 0.380. The number of fused-ring (bicyclic) bond motifs is 1. The lowest BCUT2D eigenvalue weighted by atomic mass is 10.3. The van der Waals surface area contributed by atoms with Crippen LogP contribution in [0.25, 0.3) is 11.0 Å². The highest BCUT2D eigenvalue weighted by atomic mass is 16.5. The van der Waals surface area contributed by atoms with Gasteiger partial charge in [0.05, 0.1) is 18.5 Å². The Morgan fingerprint density at radius 3 is 2.94 bits per heavy atom. The largest absolute Gasteiger partial charge is 0.383 e. The normalized spacial score (nSPS) is 11.1. The summed E-state index contributed by atoms with van der Waals surface area (Å²) >= 11 is 0. The molecule has 2 rings (SSSR count). The second kappa shape index (κ2) is 5.79. The maximum Gasteiger partial charge on any atom is 0.156 e. The van der Waals surface area contributed by atoms with E-state index < -0.39 is 0 Å². The molecule has 0 bridgehead atoms. The van der Waals surface area contributed by atoms with E-state index in [-0.39, 0.29) is 0 Å². The summed E-state index contributed by atoms with van der Waals surface area (Å²) in [5.74, 6) is 0.871. The van der Waals surface area contributed by atoms with Gasteiger partial charge in [0.2, 0.25) is 0 Å². The minimum atomic E-state index is 0.578. The third kappa shape index (κ3) is 2.44. The molecule has 0 aliphatic rings. The molecule has 0 radical (unpaired) electrons. The van der Waals surface area contributed by atoms with Gasteiger partial charge in [0.1, 0.15) is 5.52 Å². The molecule has 0 atom stereocenters. The van der Waals surface area contributed by atoms with Gasteiger partial charge in [-0.25, -0.2) is 9.97 Å². The van der Waals surface area contributed by atoms with Crippen LogP contribution in [0.5, 0.6) is 0 Å². The van der Waals surface area contributed by atoms with Crippen molar-refractivity contribution in [2.45, 2.75) is 0 Å². The number of aromatic nitrogens is 3. The van der Waals surface area contributed by atoms with Crippen LogP contribution in [-0.4, -0.2) is 47.9 Å². The molecule has 0 spiro atoms. The van der Waals surface area contributed by atoms with Gasteiger partial charge in [-0.2, -0.15) is 0 Å². The molecule has 2 N–H and O–H groups in total. The number of aryl methyl sites for hydroxylation is 1. The lowest BCUT2D eigenvalue weighted by molar-refractivity contribution is 0.205. The number of hydrogen-bond acceptors (Lipinski definition) is 5. The van der Waals surface area contributed by atoms with Crippen molar-refractivity contribution in [2.24, 2.45) is 12.8 Å². The Hall–Kier alpha value is -1.66. The van der Waals surface area contributed by atoms with Gasteiger partial charge >= 0.3 is 0 Å². The molecule has 0 fully saturated rings. The number of imidazole rings is 1. The Morgan fingerprint density at radius 1 is 1.39 bits per heavy atom. The van der Waals surface area contributed by atoms with E-state index in [0.717, 1.165) is 29.9 Å². The number of nitrogens with two attached hydrogens (primary N) is 1. The number of methoxy groups -OCH3 is 1. The molecule has 6 heteroatoms. The average Bonchev–Trinajstić information content (AvgIpc) is 2.77. The quantitative estimate of drug-likeness (QED) is 0.801. The summed E-state index contributed by atoms with van der Waals surface area (Å²) in [6.07, 6.45) is 3.60. The van der Waals surface area contributed by atoms with E-state index in [2.05, 4.69) is 14.9 Å². The van der Waals surface area contributed by atoms with Gasteiger partial charge in [-0.15, -0.1) is 0 Å². The molecule has 2 aromatic rings. The van der Waals surface area contributed by atoms with E-state index >= 15 is 0 Å². The van der Waals surface area contributed by atoms with Gasteiger partial charge in [0, 0.05) is 40.0 Å². The van der Waals surface area contributed by atoms with Crippen molar-refractivity contribution in [2.75, 3.05) is 38.3 Å². The van der Waals surface area contributed by atoms with Crippen LogP contribution >= 0.6 is 0 Å². The van der Waals surface area contributed by atoms with E-state index in [4.69, 9.17) is 10.5 Å². The van der Waals surface area contributed by atoms with Gasteiger partial charge in [-0.05, 0) is 6.07 Å². The Balaban J connectivity index is 2.36. The van der Waals surface area contributed by atoms with Crippen molar-refractivity contribution >= 4 is 16.9 Å². The van der Waals surface area contributed by atoms with Crippen molar-refractivity contribution in [3.05, 3.63) is 18.6 Å². The third-order valence-corrected chi connectivity index (χ3v) is 2.89. The number of pyridine rings is 1. The lowest BCUT2D eigenvalue weighted by Gasteiger charge is -2.22. The summed E-state index contributed by atoms with van der Waals surface area (Å²) in [7, 11) is 3.66. The number of hydrogen-bond donors (Lipinski definition) is 1. The first kappa shape index (κ1) is 12.8. The van der Waals surface area contributed by atoms with E-state index in [0.29, 0.717) is 13.2 Å². The fourth-order valence-corrected chi connectivity index (χ4v) is 1.96. The van der Waals surface area contributed by atoms with E-state index in [1.165, 1.54) is 0 Å². The molecule has 2 heterocycles. The summed E-state index contributed by atoms with van der Waals surface area (Å²) < 4.78 is 7.11. The highest BCUT2D eigenvalue weighted by molar-refractivity contribution is 5.86. The second-order valence-electron chi connectivity index (χ2n) is 4.13. The topological polar surface area (TPSA) is 69.2 Å². The zero-order valence-corrected chi connectivity index (χ0v) is 10.8. The molecule has 0 aliphatic carbocycles. The van der Waals surface area contributed by atoms with Crippen LogP contribution in [0.3, 0.4) is 0 Å². The second-order valence-corrected chi connectivity index (χ2v) is 4.13. The van der Waals surface area contributed by atoms with Gasteiger partial charge < -0.3 is 19.9 Å². The summed E-state index contributed by atoms with van der Waals surface area (Å²) in [5.41, 5.74) is 7.63. The highest BCUT2D eigenvalue weighted by Crippen LogP contribution is 2.21. The van der Waals surface area contributed by atoms with Crippen molar-refractivity contribution < 1.29 is 4.74 Å². The summed E-state index contributed by atoms with van der Waals surface area (Å²) in [5, 5.41) is 0. The molecule has 0 unspecified atom stereocenters. The first-order valence-corrected chi connectivity index (χ1v) is 5.98. The maximum absolute atomic E-state index is 5.65. The standard InChI is InChI=1S/C12H19N5O/c1-16-9-15-11-10(16)3-5-14-12(11)17(6-4-13)7-8-18-2/h3,5,9H,4,6-8,13H2,1-2H3. The highest BCUT2D eigenvalue weighted by Gasteiger charge is 2.13. The Kier molecular flexibility index (Phi) is 4.11. The molecule has 0 saturated heterocycles. The Bertz CT molecular complexity index is 510. The fourth-order valence-electron chi connectivity index (χ4n) is 1.96. The molecule has 0 aliphatic heterocycles. The third-order valence-electron chi connectivity index (χ3n) is 2.89. The minimum Gasteiger partial charge on any atom is -0.383 e. The van der Waals surface area contributed by atoms with Crippen molar-refractivity contribution in [1.29, 1.82) is 0 Å². The summed E-state index contributed by atoms with van der Waals surface area (Å²) in [4.78, 5) is 10.9. The van der Waals surface area contributed by atoms with Gasteiger partial charge in [-0.1, -0.05) is 0 Å². The van der Waals surface area contributed by atoms with Crippen LogP contribution in [0.2, 0.25) is 0 Å². The SMILES string of the molecule is COCCN(CCN)c1nccc2c1ncn2C.